The minimum absolute atomic E-state index is 0.204. The molecule has 0 saturated carbocycles. The Morgan fingerprint density at radius 2 is 2.00 bits per heavy atom. The summed E-state index contributed by atoms with van der Waals surface area (Å²) >= 11 is 0. The summed E-state index contributed by atoms with van der Waals surface area (Å²) in [6, 6.07) is 8.91. The van der Waals surface area contributed by atoms with Crippen LogP contribution in [0.1, 0.15) is 11.1 Å². The number of nitrogens with zero attached hydrogens (tertiary/aromatic N) is 1. The van der Waals surface area contributed by atoms with Crippen LogP contribution in [0.25, 0.3) is 0 Å². The van der Waals surface area contributed by atoms with Gasteiger partial charge in [-0.3, -0.25) is 0 Å². The van der Waals surface area contributed by atoms with Crippen LogP contribution in [-0.4, -0.2) is 37.7 Å². The monoisotopic (exact) mass is 234 g/mol. The van der Waals surface area contributed by atoms with Crippen LogP contribution in [0.2, 0.25) is 0 Å². The van der Waals surface area contributed by atoms with Crippen LogP contribution in [0.15, 0.2) is 24.3 Å². The second-order valence-corrected chi connectivity index (χ2v) is 5.14. The molecule has 1 aromatic carbocycles. The standard InChI is InChI=1S/C14H22N2O/c1-11-3-5-12(6-4-11)7-16(2)8-13-9-17-10-14(13)15/h3-6,13-14H,7-10,15H2,1-2H3. The van der Waals surface area contributed by atoms with E-state index in [0.717, 1.165) is 19.7 Å². The van der Waals surface area contributed by atoms with Crippen LogP contribution in [0.4, 0.5) is 0 Å². The highest BCUT2D eigenvalue weighted by Crippen LogP contribution is 2.14. The zero-order chi connectivity index (χ0) is 12.3. The number of aryl methyl sites for hydroxylation is 1. The summed E-state index contributed by atoms with van der Waals surface area (Å²) in [5.74, 6) is 0.477. The Labute approximate surface area is 104 Å². The Bertz CT molecular complexity index is 350. The van der Waals surface area contributed by atoms with E-state index in [1.54, 1.807) is 0 Å². The largest absolute Gasteiger partial charge is 0.379 e. The lowest BCUT2D eigenvalue weighted by atomic mass is 10.0. The quantitative estimate of drug-likeness (QED) is 0.856. The van der Waals surface area contributed by atoms with Gasteiger partial charge in [0.05, 0.1) is 13.2 Å². The molecule has 2 unspecified atom stereocenters. The molecule has 0 amide bonds. The second kappa shape index (κ2) is 5.63. The minimum Gasteiger partial charge on any atom is -0.379 e. The highest BCUT2D eigenvalue weighted by atomic mass is 16.5. The second-order valence-electron chi connectivity index (χ2n) is 5.14. The molecule has 1 saturated heterocycles. The molecule has 0 aromatic heterocycles. The summed E-state index contributed by atoms with van der Waals surface area (Å²) in [5.41, 5.74) is 8.65. The van der Waals surface area contributed by atoms with Crippen molar-refractivity contribution in [3.63, 3.8) is 0 Å². The maximum Gasteiger partial charge on any atom is 0.0621 e. The average molecular weight is 234 g/mol. The van der Waals surface area contributed by atoms with Gasteiger partial charge in [-0.2, -0.15) is 0 Å². The molecule has 3 heteroatoms. The molecule has 1 aromatic rings. The van der Waals surface area contributed by atoms with E-state index in [4.69, 9.17) is 10.5 Å². The van der Waals surface area contributed by atoms with Crippen molar-refractivity contribution in [2.45, 2.75) is 19.5 Å². The first-order valence-electron chi connectivity index (χ1n) is 6.22. The van der Waals surface area contributed by atoms with Gasteiger partial charge in [-0.25, -0.2) is 0 Å². The van der Waals surface area contributed by atoms with Crippen LogP contribution in [0, 0.1) is 12.8 Å². The molecule has 3 nitrogen and oxygen atoms in total. The number of benzene rings is 1. The van der Waals surface area contributed by atoms with E-state index in [0.29, 0.717) is 12.5 Å². The summed E-state index contributed by atoms with van der Waals surface area (Å²) in [7, 11) is 2.14. The van der Waals surface area contributed by atoms with E-state index in [1.165, 1.54) is 11.1 Å². The predicted molar refractivity (Wildman–Crippen MR) is 69.8 cm³/mol. The first kappa shape index (κ1) is 12.6. The molecule has 0 radical (unpaired) electrons. The van der Waals surface area contributed by atoms with Crippen LogP contribution in [0.3, 0.4) is 0 Å². The van der Waals surface area contributed by atoms with Crippen molar-refractivity contribution in [1.82, 2.24) is 4.90 Å². The van der Waals surface area contributed by atoms with Crippen LogP contribution >= 0.6 is 0 Å². The van der Waals surface area contributed by atoms with Gasteiger partial charge in [0.15, 0.2) is 0 Å². The van der Waals surface area contributed by atoms with Gasteiger partial charge < -0.3 is 15.4 Å². The number of hydrogen-bond acceptors (Lipinski definition) is 3. The first-order valence-corrected chi connectivity index (χ1v) is 6.22. The van der Waals surface area contributed by atoms with Gasteiger partial charge in [0, 0.05) is 25.0 Å². The molecule has 1 aliphatic rings. The fraction of sp³-hybridized carbons (Fsp3) is 0.571. The Morgan fingerprint density at radius 3 is 2.59 bits per heavy atom. The minimum atomic E-state index is 0.204. The molecular formula is C14H22N2O. The summed E-state index contributed by atoms with van der Waals surface area (Å²) in [5, 5.41) is 0. The third-order valence-corrected chi connectivity index (χ3v) is 3.37. The SMILES string of the molecule is Cc1ccc(CN(C)CC2COCC2N)cc1. The summed E-state index contributed by atoms with van der Waals surface area (Å²) < 4.78 is 5.38. The molecule has 17 heavy (non-hydrogen) atoms. The molecule has 2 N–H and O–H groups in total. The fourth-order valence-electron chi connectivity index (χ4n) is 2.27. The molecule has 1 heterocycles. The molecule has 1 fully saturated rings. The number of nitrogens with two attached hydrogens (primary N) is 1. The van der Waals surface area contributed by atoms with E-state index < -0.39 is 0 Å². The van der Waals surface area contributed by atoms with Crippen molar-refractivity contribution in [3.8, 4) is 0 Å². The van der Waals surface area contributed by atoms with E-state index in [1.807, 2.05) is 0 Å². The van der Waals surface area contributed by atoms with Gasteiger partial charge in [0.2, 0.25) is 0 Å². The van der Waals surface area contributed by atoms with Gasteiger partial charge in [0.1, 0.15) is 0 Å². The lowest BCUT2D eigenvalue weighted by molar-refractivity contribution is 0.172. The molecule has 2 atom stereocenters. The number of rotatable bonds is 4. The van der Waals surface area contributed by atoms with Gasteiger partial charge in [-0.15, -0.1) is 0 Å². The normalized spacial score (nSPS) is 24.5. The van der Waals surface area contributed by atoms with Crippen molar-refractivity contribution in [1.29, 1.82) is 0 Å². The van der Waals surface area contributed by atoms with E-state index >= 15 is 0 Å². The van der Waals surface area contributed by atoms with Gasteiger partial charge in [-0.05, 0) is 19.5 Å². The first-order chi connectivity index (χ1) is 8.15. The molecule has 2 rings (SSSR count). The third-order valence-electron chi connectivity index (χ3n) is 3.37. The zero-order valence-corrected chi connectivity index (χ0v) is 10.7. The summed E-state index contributed by atoms with van der Waals surface area (Å²) in [4.78, 5) is 2.32. The predicted octanol–water partition coefficient (Wildman–Crippen LogP) is 1.40. The number of hydrogen-bond donors (Lipinski definition) is 1. The highest BCUT2D eigenvalue weighted by molar-refractivity contribution is 5.21. The van der Waals surface area contributed by atoms with Gasteiger partial charge in [-0.1, -0.05) is 29.8 Å². The van der Waals surface area contributed by atoms with Crippen molar-refractivity contribution in [2.75, 3.05) is 26.8 Å². The van der Waals surface area contributed by atoms with Crippen molar-refractivity contribution >= 4 is 0 Å². The maximum atomic E-state index is 5.99. The summed E-state index contributed by atoms with van der Waals surface area (Å²) in [6.45, 7) is 5.61. The molecular weight excluding hydrogens is 212 g/mol. The van der Waals surface area contributed by atoms with E-state index in [9.17, 15) is 0 Å². The van der Waals surface area contributed by atoms with Crippen LogP contribution < -0.4 is 5.73 Å². The average Bonchev–Trinajstić information content (AvgIpc) is 2.68. The molecule has 94 valence electrons. The van der Waals surface area contributed by atoms with Crippen molar-refractivity contribution in [2.24, 2.45) is 11.7 Å². The molecule has 0 spiro atoms. The highest BCUT2D eigenvalue weighted by Gasteiger charge is 2.25. The maximum absolute atomic E-state index is 5.99. The lowest BCUT2D eigenvalue weighted by Crippen LogP contribution is -2.36. The van der Waals surface area contributed by atoms with E-state index in [2.05, 4.69) is 43.1 Å². The zero-order valence-electron chi connectivity index (χ0n) is 10.7. The van der Waals surface area contributed by atoms with Crippen LogP contribution in [-0.2, 0) is 11.3 Å². The molecule has 1 aliphatic heterocycles. The van der Waals surface area contributed by atoms with Gasteiger partial charge >= 0.3 is 0 Å². The third kappa shape index (κ3) is 3.53. The Balaban J connectivity index is 1.84. The van der Waals surface area contributed by atoms with E-state index in [-0.39, 0.29) is 6.04 Å². The Kier molecular flexibility index (Phi) is 4.15. The Morgan fingerprint density at radius 1 is 1.29 bits per heavy atom. The fourth-order valence-corrected chi connectivity index (χ4v) is 2.27. The van der Waals surface area contributed by atoms with Crippen LogP contribution in [0.5, 0.6) is 0 Å². The molecule has 0 aliphatic carbocycles. The summed E-state index contributed by atoms with van der Waals surface area (Å²) in [6.07, 6.45) is 0. The van der Waals surface area contributed by atoms with Gasteiger partial charge in [0.25, 0.3) is 0 Å². The lowest BCUT2D eigenvalue weighted by Gasteiger charge is -2.22. The van der Waals surface area contributed by atoms with Crippen molar-refractivity contribution < 1.29 is 4.74 Å². The smallest absolute Gasteiger partial charge is 0.0621 e. The Hall–Kier alpha value is -0.900. The van der Waals surface area contributed by atoms with Crippen molar-refractivity contribution in [3.05, 3.63) is 35.4 Å². The topological polar surface area (TPSA) is 38.5 Å². The number of ether oxygens (including phenoxy) is 1. The molecule has 0 bridgehead atoms.